The second-order valence-corrected chi connectivity index (χ2v) is 9.63. The van der Waals surface area contributed by atoms with Crippen molar-refractivity contribution in [2.45, 2.75) is 51.0 Å². The smallest absolute Gasteiger partial charge is 0.352 e. The third kappa shape index (κ3) is 4.95. The molecular weight excluding hydrogens is 504 g/mol. The minimum Gasteiger partial charge on any atom is -0.458 e. The number of nitrogen functional groups attached to an aromatic ring is 1. The van der Waals surface area contributed by atoms with Gasteiger partial charge < -0.3 is 36.6 Å². The Bertz CT molecular complexity index is 1530. The number of carbonyl (C=O) groups is 3. The summed E-state index contributed by atoms with van der Waals surface area (Å²) in [7, 11) is 0. The van der Waals surface area contributed by atoms with Crippen molar-refractivity contribution in [3.8, 4) is 11.4 Å². The summed E-state index contributed by atoms with van der Waals surface area (Å²) in [6.07, 6.45) is 0.0241. The summed E-state index contributed by atoms with van der Waals surface area (Å²) in [5, 5.41) is 3.40. The van der Waals surface area contributed by atoms with Gasteiger partial charge in [-0.2, -0.15) is 0 Å². The second-order valence-electron chi connectivity index (χ2n) is 9.63. The van der Waals surface area contributed by atoms with E-state index in [4.69, 9.17) is 31.7 Å². The zero-order valence-electron chi connectivity index (χ0n) is 21.3. The van der Waals surface area contributed by atoms with Crippen LogP contribution in [0.25, 0.3) is 22.3 Å². The highest BCUT2D eigenvalue weighted by Gasteiger charge is 2.38. The summed E-state index contributed by atoms with van der Waals surface area (Å²) in [5.74, 6) is -2.02. The van der Waals surface area contributed by atoms with Gasteiger partial charge in [-0.25, -0.2) is 14.6 Å². The van der Waals surface area contributed by atoms with E-state index in [1.54, 1.807) is 22.8 Å². The summed E-state index contributed by atoms with van der Waals surface area (Å²) in [4.78, 5) is 56.4. The minimum absolute atomic E-state index is 0.0324. The molecule has 39 heavy (non-hydrogen) atoms. The van der Waals surface area contributed by atoms with Gasteiger partial charge in [-0.3, -0.25) is 9.59 Å². The van der Waals surface area contributed by atoms with Gasteiger partial charge in [0.05, 0.1) is 29.0 Å². The molecule has 204 valence electrons. The molecule has 0 saturated carbocycles. The molecule has 1 amide bonds. The number of amides is 1. The van der Waals surface area contributed by atoms with Crippen LogP contribution in [-0.2, 0) is 37.0 Å². The number of nitrogens with zero attached hydrogens (tertiary/aromatic N) is 2. The molecule has 0 saturated heterocycles. The monoisotopic (exact) mass is 534 g/mol. The van der Waals surface area contributed by atoms with Crippen LogP contribution >= 0.6 is 0 Å². The first-order chi connectivity index (χ1) is 18.8. The van der Waals surface area contributed by atoms with Gasteiger partial charge in [0.1, 0.15) is 12.6 Å². The molecule has 1 unspecified atom stereocenters. The zero-order valence-corrected chi connectivity index (χ0v) is 21.3. The van der Waals surface area contributed by atoms with Crippen LogP contribution in [0.3, 0.4) is 0 Å². The maximum atomic E-state index is 13.5. The number of nitrogens with two attached hydrogens (primary N) is 3. The van der Waals surface area contributed by atoms with Crippen molar-refractivity contribution < 1.29 is 23.9 Å². The molecule has 1 aromatic carbocycles. The number of anilines is 1. The molecule has 2 atom stereocenters. The molecule has 0 spiro atoms. The molecule has 0 bridgehead atoms. The average molecular weight is 535 g/mol. The first-order valence-corrected chi connectivity index (χ1v) is 12.8. The van der Waals surface area contributed by atoms with Gasteiger partial charge in [0.2, 0.25) is 12.0 Å². The Hall–Kier alpha value is -4.29. The average Bonchev–Trinajstić information content (AvgIpc) is 3.27. The van der Waals surface area contributed by atoms with E-state index >= 15 is 0 Å². The predicted molar refractivity (Wildman–Crippen MR) is 142 cm³/mol. The molecule has 2 aliphatic rings. The first kappa shape index (κ1) is 26.3. The number of nitrogens with one attached hydrogen (secondary N) is 1. The predicted octanol–water partition coefficient (Wildman–Crippen LogP) is 0.611. The number of hydrogen-bond donors (Lipinski definition) is 4. The Morgan fingerprint density at radius 3 is 2.77 bits per heavy atom. The van der Waals surface area contributed by atoms with Crippen molar-refractivity contribution in [1.29, 1.82) is 0 Å². The number of pyridine rings is 2. The summed E-state index contributed by atoms with van der Waals surface area (Å²) in [6, 6.07) is 7.97. The Morgan fingerprint density at radius 1 is 1.18 bits per heavy atom. The molecule has 2 aliphatic heterocycles. The molecule has 5 rings (SSSR count). The number of rotatable bonds is 9. The van der Waals surface area contributed by atoms with Crippen LogP contribution in [-0.4, -0.2) is 46.5 Å². The number of ether oxygens (including phenoxy) is 2. The van der Waals surface area contributed by atoms with E-state index in [0.29, 0.717) is 42.0 Å². The number of esters is 2. The SMILES string of the molecule is NCCCCC(NC(=O)CCN)C(=O)O[C@H]1C(=O)OCc2c1cc1n(c2=O)Cc2cc3c(N)cccc3nc2-1. The van der Waals surface area contributed by atoms with Crippen LogP contribution in [0.2, 0.25) is 0 Å². The lowest BCUT2D eigenvalue weighted by atomic mass is 10.00. The lowest BCUT2D eigenvalue weighted by molar-refractivity contribution is -0.173. The van der Waals surface area contributed by atoms with E-state index in [1.807, 2.05) is 12.1 Å². The minimum atomic E-state index is -1.47. The van der Waals surface area contributed by atoms with Crippen LogP contribution < -0.4 is 28.1 Å². The number of hydrogen-bond acceptors (Lipinski definition) is 10. The van der Waals surface area contributed by atoms with E-state index in [0.717, 1.165) is 10.9 Å². The highest BCUT2D eigenvalue weighted by Crippen LogP contribution is 2.37. The maximum absolute atomic E-state index is 13.5. The fourth-order valence-corrected chi connectivity index (χ4v) is 5.01. The molecule has 4 heterocycles. The number of benzene rings is 1. The quantitative estimate of drug-likeness (QED) is 0.134. The molecule has 3 aromatic rings. The van der Waals surface area contributed by atoms with Crippen LogP contribution in [0.5, 0.6) is 0 Å². The van der Waals surface area contributed by atoms with Gasteiger partial charge in [0, 0.05) is 35.2 Å². The number of fused-ring (bicyclic) bond motifs is 5. The van der Waals surface area contributed by atoms with E-state index in [1.165, 1.54) is 0 Å². The number of unbranched alkanes of at least 4 members (excludes halogenated alkanes) is 1. The van der Waals surface area contributed by atoms with Crippen molar-refractivity contribution in [1.82, 2.24) is 14.9 Å². The van der Waals surface area contributed by atoms with Gasteiger partial charge >= 0.3 is 11.9 Å². The van der Waals surface area contributed by atoms with Gasteiger partial charge in [0.15, 0.2) is 0 Å². The maximum Gasteiger partial charge on any atom is 0.352 e. The van der Waals surface area contributed by atoms with Crippen LogP contribution in [0.15, 0.2) is 35.1 Å². The van der Waals surface area contributed by atoms with Crippen molar-refractivity contribution in [2.24, 2.45) is 11.5 Å². The highest BCUT2D eigenvalue weighted by molar-refractivity contribution is 5.93. The van der Waals surface area contributed by atoms with Crippen molar-refractivity contribution in [3.05, 3.63) is 57.4 Å². The Kier molecular flexibility index (Phi) is 7.31. The third-order valence-electron chi connectivity index (χ3n) is 7.01. The van der Waals surface area contributed by atoms with Crippen molar-refractivity contribution >= 4 is 34.4 Å². The number of cyclic esters (lactones) is 1. The summed E-state index contributed by atoms with van der Waals surface area (Å²) >= 11 is 0. The molecule has 12 nitrogen and oxygen atoms in total. The Balaban J connectivity index is 1.49. The topological polar surface area (TPSA) is 195 Å². The largest absolute Gasteiger partial charge is 0.458 e. The Morgan fingerprint density at radius 2 is 2.00 bits per heavy atom. The van der Waals surface area contributed by atoms with Gasteiger partial charge in [-0.15, -0.1) is 0 Å². The normalized spacial score (nSPS) is 16.2. The fourth-order valence-electron chi connectivity index (χ4n) is 5.01. The van der Waals surface area contributed by atoms with E-state index in [-0.39, 0.29) is 49.2 Å². The molecule has 2 aromatic heterocycles. The van der Waals surface area contributed by atoms with Gasteiger partial charge in [-0.05, 0) is 50.1 Å². The molecular formula is C27H30N6O6. The standard InChI is InChI=1S/C27H30N6O6/c28-8-2-1-5-20(31-22(34)7-9-29)26(36)39-24-15-11-21-23-14(10-16-18(30)4-3-6-19(16)32-23)12-33(21)25(35)17(15)13-38-27(24)37/h3-4,6,10-11,20,24H,1-2,5,7-9,12-13,28-30H2,(H,31,34)/t20?,24-/m1/s1. The lowest BCUT2D eigenvalue weighted by Gasteiger charge is -2.27. The van der Waals surface area contributed by atoms with E-state index in [9.17, 15) is 19.2 Å². The van der Waals surface area contributed by atoms with Crippen molar-refractivity contribution in [3.63, 3.8) is 0 Å². The highest BCUT2D eigenvalue weighted by atomic mass is 16.6. The van der Waals surface area contributed by atoms with E-state index < -0.39 is 30.0 Å². The second kappa shape index (κ2) is 10.8. The molecule has 0 fully saturated rings. The lowest BCUT2D eigenvalue weighted by Crippen LogP contribution is -2.44. The summed E-state index contributed by atoms with van der Waals surface area (Å²) in [5.41, 5.74) is 20.4. The van der Waals surface area contributed by atoms with Crippen molar-refractivity contribution in [2.75, 3.05) is 18.8 Å². The number of carbonyl (C=O) groups excluding carboxylic acids is 3. The number of aromatic nitrogens is 2. The van der Waals surface area contributed by atoms with Crippen LogP contribution in [0.4, 0.5) is 5.69 Å². The molecule has 7 N–H and O–H groups in total. The molecule has 0 aliphatic carbocycles. The zero-order chi connectivity index (χ0) is 27.7. The van der Waals surface area contributed by atoms with E-state index in [2.05, 4.69) is 5.32 Å². The summed E-state index contributed by atoms with van der Waals surface area (Å²) in [6.45, 7) is 0.578. The molecule has 12 heteroatoms. The van der Waals surface area contributed by atoms with Gasteiger partial charge in [0.25, 0.3) is 5.56 Å². The van der Waals surface area contributed by atoms with Crippen LogP contribution in [0.1, 0.15) is 48.5 Å². The van der Waals surface area contributed by atoms with Crippen LogP contribution in [0, 0.1) is 0 Å². The fraction of sp³-hybridized carbons (Fsp3) is 0.370. The third-order valence-corrected chi connectivity index (χ3v) is 7.01. The summed E-state index contributed by atoms with van der Waals surface area (Å²) < 4.78 is 12.4. The molecule has 0 radical (unpaired) electrons. The first-order valence-electron chi connectivity index (χ1n) is 12.8. The Labute approximate surface area is 223 Å². The van der Waals surface area contributed by atoms with Gasteiger partial charge in [-0.1, -0.05) is 6.07 Å².